The highest BCUT2D eigenvalue weighted by Gasteiger charge is 2.17. The summed E-state index contributed by atoms with van der Waals surface area (Å²) in [7, 11) is 0. The van der Waals surface area contributed by atoms with Gasteiger partial charge in [0, 0.05) is 29.1 Å². The molecule has 0 saturated heterocycles. The van der Waals surface area contributed by atoms with Crippen LogP contribution in [0.5, 0.6) is 0 Å². The van der Waals surface area contributed by atoms with Crippen LogP contribution < -0.4 is 0 Å². The molecule has 0 aliphatic heterocycles. The van der Waals surface area contributed by atoms with Gasteiger partial charge >= 0.3 is 5.97 Å². The topological polar surface area (TPSA) is 42.2 Å². The summed E-state index contributed by atoms with van der Waals surface area (Å²) in [5.41, 5.74) is 1.88. The Hall–Kier alpha value is -1.84. The molecule has 102 valence electrons. The van der Waals surface area contributed by atoms with Crippen LogP contribution in [0.4, 0.5) is 4.39 Å². The highest BCUT2D eigenvalue weighted by molar-refractivity contribution is 5.82. The van der Waals surface area contributed by atoms with Crippen LogP contribution in [-0.2, 0) is 11.2 Å². The molecule has 0 spiro atoms. The Bertz CT molecular complexity index is 616. The molecule has 0 bridgehead atoms. The molecule has 3 nitrogen and oxygen atoms in total. The Morgan fingerprint density at radius 2 is 2.00 bits per heavy atom. The first-order valence-corrected chi connectivity index (χ1v) is 6.42. The van der Waals surface area contributed by atoms with Gasteiger partial charge in [-0.2, -0.15) is 0 Å². The molecule has 0 saturated carbocycles. The van der Waals surface area contributed by atoms with E-state index >= 15 is 0 Å². The monoisotopic (exact) mass is 263 g/mol. The number of aliphatic carboxylic acids is 1. The molecule has 0 radical (unpaired) electrons. The van der Waals surface area contributed by atoms with Crippen LogP contribution in [-0.4, -0.2) is 15.6 Å². The molecule has 1 aromatic heterocycles. The first kappa shape index (κ1) is 13.6. The normalized spacial score (nSPS) is 13.1. The fourth-order valence-electron chi connectivity index (χ4n) is 2.43. The van der Waals surface area contributed by atoms with Crippen LogP contribution >= 0.6 is 0 Å². The smallest absolute Gasteiger partial charge is 0.306 e. The number of carboxylic acid groups (broad SMARTS) is 1. The maximum Gasteiger partial charge on any atom is 0.306 e. The standard InChI is InChI=1S/C15H18FNO2/c1-9(2)17-13(6-10(3)15(18)19)8-11-7-12(16)4-5-14(11)17/h4-5,7-10H,6H2,1-3H3,(H,18,19). The minimum atomic E-state index is -0.813. The Kier molecular flexibility index (Phi) is 3.60. The lowest BCUT2D eigenvalue weighted by Gasteiger charge is -2.16. The molecule has 0 aliphatic rings. The summed E-state index contributed by atoms with van der Waals surface area (Å²) in [6.07, 6.45) is 0.448. The molecule has 1 aromatic carbocycles. The predicted molar refractivity (Wildman–Crippen MR) is 72.8 cm³/mol. The molecule has 4 heteroatoms. The minimum Gasteiger partial charge on any atom is -0.481 e. The van der Waals surface area contributed by atoms with Gasteiger partial charge in [0.25, 0.3) is 0 Å². The summed E-state index contributed by atoms with van der Waals surface area (Å²) in [6, 6.07) is 6.77. The molecule has 19 heavy (non-hydrogen) atoms. The molecule has 0 fully saturated rings. The van der Waals surface area contributed by atoms with Gasteiger partial charge in [-0.05, 0) is 38.1 Å². The molecule has 1 heterocycles. The number of fused-ring (bicyclic) bond motifs is 1. The minimum absolute atomic E-state index is 0.207. The van der Waals surface area contributed by atoms with Crippen LogP contribution in [0.25, 0.3) is 10.9 Å². The summed E-state index contributed by atoms with van der Waals surface area (Å²) in [5.74, 6) is -1.54. The van der Waals surface area contributed by atoms with Crippen molar-refractivity contribution in [1.82, 2.24) is 4.57 Å². The van der Waals surface area contributed by atoms with E-state index in [1.54, 1.807) is 13.0 Å². The van der Waals surface area contributed by atoms with E-state index in [2.05, 4.69) is 4.57 Å². The van der Waals surface area contributed by atoms with Crippen molar-refractivity contribution in [3.63, 3.8) is 0 Å². The molecule has 1 unspecified atom stereocenters. The van der Waals surface area contributed by atoms with Gasteiger partial charge in [-0.1, -0.05) is 6.92 Å². The van der Waals surface area contributed by atoms with Crippen molar-refractivity contribution in [2.24, 2.45) is 5.92 Å². The van der Waals surface area contributed by atoms with Crippen molar-refractivity contribution in [1.29, 1.82) is 0 Å². The first-order chi connectivity index (χ1) is 8.90. The Balaban J connectivity index is 2.53. The van der Waals surface area contributed by atoms with E-state index in [1.807, 2.05) is 19.9 Å². The third-order valence-electron chi connectivity index (χ3n) is 3.33. The van der Waals surface area contributed by atoms with E-state index in [0.717, 1.165) is 16.6 Å². The van der Waals surface area contributed by atoms with Crippen LogP contribution in [0.15, 0.2) is 24.3 Å². The molecule has 1 atom stereocenters. The Morgan fingerprint density at radius 3 is 2.58 bits per heavy atom. The summed E-state index contributed by atoms with van der Waals surface area (Å²) >= 11 is 0. The summed E-state index contributed by atoms with van der Waals surface area (Å²) in [4.78, 5) is 11.0. The molecule has 2 aromatic rings. The van der Waals surface area contributed by atoms with Gasteiger partial charge in [-0.15, -0.1) is 0 Å². The van der Waals surface area contributed by atoms with Crippen LogP contribution in [0.1, 0.15) is 32.5 Å². The summed E-state index contributed by atoms with van der Waals surface area (Å²) in [6.45, 7) is 5.76. The number of carboxylic acids is 1. The van der Waals surface area contributed by atoms with Crippen molar-refractivity contribution in [2.45, 2.75) is 33.2 Å². The van der Waals surface area contributed by atoms with E-state index in [0.29, 0.717) is 6.42 Å². The third kappa shape index (κ3) is 2.62. The second-order valence-corrected chi connectivity index (χ2v) is 5.25. The molecule has 2 rings (SSSR count). The predicted octanol–water partition coefficient (Wildman–Crippen LogP) is 3.62. The number of halogens is 1. The lowest BCUT2D eigenvalue weighted by molar-refractivity contribution is -0.141. The summed E-state index contributed by atoms with van der Waals surface area (Å²) < 4.78 is 15.3. The van der Waals surface area contributed by atoms with Crippen LogP contribution in [0.2, 0.25) is 0 Å². The maximum atomic E-state index is 13.3. The van der Waals surface area contributed by atoms with Gasteiger partial charge in [-0.3, -0.25) is 4.79 Å². The number of carbonyl (C=O) groups is 1. The quantitative estimate of drug-likeness (QED) is 0.915. The molecular weight excluding hydrogens is 245 g/mol. The van der Waals surface area contributed by atoms with Crippen LogP contribution in [0.3, 0.4) is 0 Å². The van der Waals surface area contributed by atoms with Gasteiger partial charge in [-0.25, -0.2) is 4.39 Å². The van der Waals surface area contributed by atoms with Gasteiger partial charge in [0.2, 0.25) is 0 Å². The van der Waals surface area contributed by atoms with E-state index in [9.17, 15) is 9.18 Å². The highest BCUT2D eigenvalue weighted by Crippen LogP contribution is 2.26. The van der Waals surface area contributed by atoms with Gasteiger partial charge in [0.15, 0.2) is 0 Å². The van der Waals surface area contributed by atoms with Crippen LogP contribution in [0, 0.1) is 11.7 Å². The Morgan fingerprint density at radius 1 is 1.32 bits per heavy atom. The van der Waals surface area contributed by atoms with E-state index < -0.39 is 11.9 Å². The third-order valence-corrected chi connectivity index (χ3v) is 3.33. The molecule has 0 amide bonds. The number of hydrogen-bond acceptors (Lipinski definition) is 1. The highest BCUT2D eigenvalue weighted by atomic mass is 19.1. The van der Waals surface area contributed by atoms with Crippen molar-refractivity contribution < 1.29 is 14.3 Å². The molecule has 0 aliphatic carbocycles. The van der Waals surface area contributed by atoms with E-state index in [-0.39, 0.29) is 11.9 Å². The van der Waals surface area contributed by atoms with E-state index in [1.165, 1.54) is 12.1 Å². The average Bonchev–Trinajstić information content (AvgIpc) is 2.65. The van der Waals surface area contributed by atoms with Crippen molar-refractivity contribution in [3.8, 4) is 0 Å². The number of nitrogens with zero attached hydrogens (tertiary/aromatic N) is 1. The number of benzene rings is 1. The number of hydrogen-bond donors (Lipinski definition) is 1. The fourth-order valence-corrected chi connectivity index (χ4v) is 2.43. The Labute approximate surface area is 111 Å². The zero-order valence-corrected chi connectivity index (χ0v) is 11.4. The lowest BCUT2D eigenvalue weighted by Crippen LogP contribution is -2.15. The lowest BCUT2D eigenvalue weighted by atomic mass is 10.1. The zero-order valence-electron chi connectivity index (χ0n) is 11.4. The second kappa shape index (κ2) is 5.03. The fraction of sp³-hybridized carbons (Fsp3) is 0.400. The van der Waals surface area contributed by atoms with Gasteiger partial charge < -0.3 is 9.67 Å². The van der Waals surface area contributed by atoms with Gasteiger partial charge in [0.1, 0.15) is 5.82 Å². The zero-order chi connectivity index (χ0) is 14.2. The molecular formula is C15H18FNO2. The number of rotatable bonds is 4. The number of aromatic nitrogens is 1. The largest absolute Gasteiger partial charge is 0.481 e. The van der Waals surface area contributed by atoms with Crippen molar-refractivity contribution in [3.05, 3.63) is 35.8 Å². The van der Waals surface area contributed by atoms with Crippen molar-refractivity contribution in [2.75, 3.05) is 0 Å². The summed E-state index contributed by atoms with van der Waals surface area (Å²) in [5, 5.41) is 9.84. The van der Waals surface area contributed by atoms with E-state index in [4.69, 9.17) is 5.11 Å². The molecule has 1 N–H and O–H groups in total. The first-order valence-electron chi connectivity index (χ1n) is 6.42. The maximum absolute atomic E-state index is 13.3. The van der Waals surface area contributed by atoms with Gasteiger partial charge in [0.05, 0.1) is 5.92 Å². The average molecular weight is 263 g/mol. The SMILES string of the molecule is CC(Cc1cc2cc(F)ccc2n1C(C)C)C(=O)O. The van der Waals surface area contributed by atoms with Crippen molar-refractivity contribution >= 4 is 16.9 Å². The second-order valence-electron chi connectivity index (χ2n) is 5.25.